The Hall–Kier alpha value is -3.35. The van der Waals surface area contributed by atoms with E-state index in [4.69, 9.17) is 10.5 Å². The maximum Gasteiger partial charge on any atom is 0.408 e. The molecule has 1 saturated heterocycles. The van der Waals surface area contributed by atoms with Gasteiger partial charge in [-0.05, 0) is 44.0 Å². The number of likely N-dealkylation sites (tertiary alicyclic amines) is 1. The molecule has 1 aliphatic rings. The molecular weight excluding hydrogens is 492 g/mol. The maximum absolute atomic E-state index is 14.2. The molecule has 2 atom stereocenters. The summed E-state index contributed by atoms with van der Waals surface area (Å²) in [7, 11) is 0. The van der Waals surface area contributed by atoms with Gasteiger partial charge in [0.15, 0.2) is 11.5 Å². The highest BCUT2D eigenvalue weighted by Gasteiger charge is 2.46. The van der Waals surface area contributed by atoms with Gasteiger partial charge in [-0.15, -0.1) is 10.2 Å². The number of nitrogens with two attached hydrogens (primary N) is 1. The van der Waals surface area contributed by atoms with Crippen LogP contribution in [0.25, 0.3) is 28.1 Å². The lowest BCUT2D eigenvalue weighted by Gasteiger charge is -2.30. The van der Waals surface area contributed by atoms with Gasteiger partial charge in [-0.3, -0.25) is 9.30 Å². The molecule has 196 valence electrons. The first-order valence-corrected chi connectivity index (χ1v) is 11.8. The van der Waals surface area contributed by atoms with Crippen LogP contribution >= 0.6 is 0 Å². The van der Waals surface area contributed by atoms with Gasteiger partial charge in [0.2, 0.25) is 0 Å². The average Bonchev–Trinajstić information content (AvgIpc) is 3.41. The van der Waals surface area contributed by atoms with E-state index in [0.29, 0.717) is 28.7 Å². The molecule has 3 aromatic heterocycles. The molecule has 0 unspecified atom stereocenters. The molecule has 1 fully saturated rings. The second kappa shape index (κ2) is 9.19. The summed E-state index contributed by atoms with van der Waals surface area (Å²) < 4.78 is 63.7. The summed E-state index contributed by atoms with van der Waals surface area (Å²) in [5, 5.41) is 18.7. The van der Waals surface area contributed by atoms with Crippen LogP contribution in [0.3, 0.4) is 0 Å². The number of alkyl halides is 3. The Labute approximate surface area is 209 Å². The van der Waals surface area contributed by atoms with E-state index in [0.717, 1.165) is 0 Å². The van der Waals surface area contributed by atoms with Gasteiger partial charge in [0.25, 0.3) is 0 Å². The Morgan fingerprint density at radius 2 is 1.95 bits per heavy atom. The Bertz CT molecular complexity index is 1450. The van der Waals surface area contributed by atoms with Crippen molar-refractivity contribution in [1.82, 2.24) is 24.5 Å². The van der Waals surface area contributed by atoms with Crippen molar-refractivity contribution >= 4 is 16.6 Å². The van der Waals surface area contributed by atoms with Crippen LogP contribution in [-0.2, 0) is 0 Å². The third-order valence-electron chi connectivity index (χ3n) is 6.20. The first-order valence-electron chi connectivity index (χ1n) is 11.8. The SMILES string of the molecule is CC(C)(O)COc1cc(F)cc2ccc(-c3nnc4ccc([C@@H](N5CC[C@H](N)C5)C(F)(F)F)cn34)nc12. The number of fused-ring (bicyclic) bond motifs is 2. The van der Waals surface area contributed by atoms with Crippen molar-refractivity contribution in [1.29, 1.82) is 0 Å². The molecule has 1 aliphatic heterocycles. The molecule has 0 radical (unpaired) electrons. The predicted octanol–water partition coefficient (Wildman–Crippen LogP) is 3.87. The van der Waals surface area contributed by atoms with Gasteiger partial charge >= 0.3 is 6.18 Å². The van der Waals surface area contributed by atoms with Crippen LogP contribution in [0.1, 0.15) is 31.9 Å². The number of aliphatic hydroxyl groups is 1. The van der Waals surface area contributed by atoms with Crippen LogP contribution in [0, 0.1) is 5.82 Å². The average molecular weight is 519 g/mol. The molecule has 1 aromatic carbocycles. The highest BCUT2D eigenvalue weighted by molar-refractivity contribution is 5.86. The van der Waals surface area contributed by atoms with E-state index in [-0.39, 0.29) is 42.9 Å². The number of nitrogens with zero attached hydrogens (tertiary/aromatic N) is 5. The molecule has 12 heteroatoms. The Morgan fingerprint density at radius 3 is 2.62 bits per heavy atom. The molecule has 0 bridgehead atoms. The van der Waals surface area contributed by atoms with Crippen molar-refractivity contribution < 1.29 is 27.4 Å². The largest absolute Gasteiger partial charge is 0.488 e. The Balaban J connectivity index is 1.58. The second-order valence-corrected chi connectivity index (χ2v) is 9.98. The fourth-order valence-corrected chi connectivity index (χ4v) is 4.56. The second-order valence-electron chi connectivity index (χ2n) is 9.98. The summed E-state index contributed by atoms with van der Waals surface area (Å²) in [4.78, 5) is 5.91. The zero-order valence-corrected chi connectivity index (χ0v) is 20.2. The number of benzene rings is 1. The third-order valence-corrected chi connectivity index (χ3v) is 6.20. The van der Waals surface area contributed by atoms with Crippen molar-refractivity contribution in [2.75, 3.05) is 19.7 Å². The highest BCUT2D eigenvalue weighted by Crippen LogP contribution is 2.39. The van der Waals surface area contributed by atoms with Gasteiger partial charge in [-0.2, -0.15) is 13.2 Å². The Kier molecular flexibility index (Phi) is 6.29. The fraction of sp³-hybridized carbons (Fsp3) is 0.400. The molecule has 8 nitrogen and oxygen atoms in total. The lowest BCUT2D eigenvalue weighted by atomic mass is 10.1. The van der Waals surface area contributed by atoms with Crippen LogP contribution in [0.15, 0.2) is 42.6 Å². The van der Waals surface area contributed by atoms with E-state index in [1.54, 1.807) is 26.0 Å². The highest BCUT2D eigenvalue weighted by atomic mass is 19.4. The number of pyridine rings is 2. The number of ether oxygens (including phenoxy) is 1. The summed E-state index contributed by atoms with van der Waals surface area (Å²) in [6.45, 7) is 3.39. The van der Waals surface area contributed by atoms with Crippen molar-refractivity contribution in [2.45, 2.75) is 44.1 Å². The Morgan fingerprint density at radius 1 is 1.16 bits per heavy atom. The molecule has 0 spiro atoms. The lowest BCUT2D eigenvalue weighted by Crippen LogP contribution is -2.38. The standard InChI is InChI=1S/C25H26F4N6O2/c1-24(2,36)13-37-19-10-16(26)9-14-3-5-18(31-21(14)19)23-33-32-20-6-4-15(11-35(20)23)22(25(27,28)29)34-8-7-17(30)12-34/h3-6,9-11,17,22,36H,7-8,12-13,30H2,1-2H3/t17-,22+/m0/s1. The lowest BCUT2D eigenvalue weighted by molar-refractivity contribution is -0.183. The molecule has 5 rings (SSSR count). The number of aromatic nitrogens is 4. The molecule has 0 aliphatic carbocycles. The quantitative estimate of drug-likeness (QED) is 0.374. The number of hydrogen-bond acceptors (Lipinski definition) is 7. The number of halogens is 4. The van der Waals surface area contributed by atoms with Gasteiger partial charge in [0, 0.05) is 36.8 Å². The smallest absolute Gasteiger partial charge is 0.408 e. The van der Waals surface area contributed by atoms with E-state index in [9.17, 15) is 22.7 Å². The van der Waals surface area contributed by atoms with E-state index < -0.39 is 23.6 Å². The number of hydrogen-bond donors (Lipinski definition) is 2. The van der Waals surface area contributed by atoms with Crippen LogP contribution < -0.4 is 10.5 Å². The van der Waals surface area contributed by atoms with Crippen molar-refractivity contribution in [3.63, 3.8) is 0 Å². The van der Waals surface area contributed by atoms with Gasteiger partial charge < -0.3 is 15.6 Å². The van der Waals surface area contributed by atoms with Gasteiger partial charge in [-0.1, -0.05) is 12.1 Å². The third kappa shape index (κ3) is 5.22. The first kappa shape index (κ1) is 25.3. The predicted molar refractivity (Wildman–Crippen MR) is 128 cm³/mol. The maximum atomic E-state index is 14.2. The van der Waals surface area contributed by atoms with Crippen molar-refractivity contribution in [2.24, 2.45) is 5.73 Å². The fourth-order valence-electron chi connectivity index (χ4n) is 4.56. The topological polar surface area (TPSA) is 102 Å². The molecule has 0 amide bonds. The molecule has 3 N–H and O–H groups in total. The van der Waals surface area contributed by atoms with E-state index in [1.807, 2.05) is 0 Å². The van der Waals surface area contributed by atoms with Crippen LogP contribution in [0.2, 0.25) is 0 Å². The van der Waals surface area contributed by atoms with E-state index >= 15 is 0 Å². The molecular formula is C25H26F4N6O2. The van der Waals surface area contributed by atoms with Crippen LogP contribution in [0.5, 0.6) is 5.75 Å². The number of rotatable bonds is 6. The summed E-state index contributed by atoms with van der Waals surface area (Å²) >= 11 is 0. The molecule has 0 saturated carbocycles. The monoisotopic (exact) mass is 518 g/mol. The first-order chi connectivity index (χ1) is 17.4. The van der Waals surface area contributed by atoms with E-state index in [2.05, 4.69) is 15.2 Å². The minimum absolute atomic E-state index is 0.0345. The minimum Gasteiger partial charge on any atom is -0.488 e. The normalized spacial score (nSPS) is 18.1. The van der Waals surface area contributed by atoms with Crippen molar-refractivity contribution in [3.05, 3.63) is 54.0 Å². The molecule has 4 aromatic rings. The van der Waals surface area contributed by atoms with Crippen LogP contribution in [0.4, 0.5) is 17.6 Å². The summed E-state index contributed by atoms with van der Waals surface area (Å²) in [5.41, 5.74) is 5.72. The minimum atomic E-state index is -4.51. The van der Waals surface area contributed by atoms with Gasteiger partial charge in [0.1, 0.15) is 35.4 Å². The zero-order chi connectivity index (χ0) is 26.5. The van der Waals surface area contributed by atoms with E-state index in [1.165, 1.54) is 39.8 Å². The zero-order valence-electron chi connectivity index (χ0n) is 20.2. The van der Waals surface area contributed by atoms with Gasteiger partial charge in [0.05, 0.1) is 5.60 Å². The molecule has 4 heterocycles. The van der Waals surface area contributed by atoms with Gasteiger partial charge in [-0.25, -0.2) is 9.37 Å². The summed E-state index contributed by atoms with van der Waals surface area (Å²) in [5.74, 6) is -0.197. The van der Waals surface area contributed by atoms with Crippen LogP contribution in [-0.4, -0.2) is 67.1 Å². The summed E-state index contributed by atoms with van der Waals surface area (Å²) in [6, 6.07) is 6.41. The van der Waals surface area contributed by atoms with Crippen molar-refractivity contribution in [3.8, 4) is 17.3 Å². The molecule has 37 heavy (non-hydrogen) atoms. The summed E-state index contributed by atoms with van der Waals surface area (Å²) in [6.07, 6.45) is -2.65.